The summed E-state index contributed by atoms with van der Waals surface area (Å²) in [6.07, 6.45) is 8.36. The minimum Gasteiger partial charge on any atom is -0.311 e. The van der Waals surface area contributed by atoms with Crippen molar-refractivity contribution in [2.75, 3.05) is 4.90 Å². The summed E-state index contributed by atoms with van der Waals surface area (Å²) in [5.74, 6) is 0. The monoisotopic (exact) mass is 401 g/mol. The molecule has 0 aliphatic rings. The zero-order valence-corrected chi connectivity index (χ0v) is 17.7. The summed E-state index contributed by atoms with van der Waals surface area (Å²) >= 11 is 0. The van der Waals surface area contributed by atoms with Gasteiger partial charge in [0, 0.05) is 17.1 Å². The highest BCUT2D eigenvalue weighted by Gasteiger charge is 2.12. The van der Waals surface area contributed by atoms with Gasteiger partial charge in [-0.15, -0.1) is 6.58 Å². The van der Waals surface area contributed by atoms with Crippen LogP contribution in [0.5, 0.6) is 0 Å². The van der Waals surface area contributed by atoms with Crippen molar-refractivity contribution in [1.29, 1.82) is 0 Å². The number of para-hydroxylation sites is 1. The Bertz CT molecular complexity index is 1110. The lowest BCUT2D eigenvalue weighted by molar-refractivity contribution is 1.06. The molecule has 0 aromatic heterocycles. The molecule has 0 saturated carbocycles. The lowest BCUT2D eigenvalue weighted by Gasteiger charge is -2.25. The van der Waals surface area contributed by atoms with Crippen LogP contribution in [0.4, 0.5) is 17.1 Å². The Labute approximate surface area is 185 Å². The van der Waals surface area contributed by atoms with Crippen LogP contribution in [0.1, 0.15) is 18.4 Å². The van der Waals surface area contributed by atoms with E-state index in [9.17, 15) is 0 Å². The van der Waals surface area contributed by atoms with Crippen molar-refractivity contribution in [3.8, 4) is 11.1 Å². The molecule has 0 N–H and O–H groups in total. The molecule has 0 aliphatic carbocycles. The third-order valence-corrected chi connectivity index (χ3v) is 5.25. The minimum absolute atomic E-state index is 1.01. The molecule has 0 heterocycles. The molecular weight excluding hydrogens is 374 g/mol. The van der Waals surface area contributed by atoms with Crippen LogP contribution in [0, 0.1) is 0 Å². The van der Waals surface area contributed by atoms with E-state index >= 15 is 0 Å². The summed E-state index contributed by atoms with van der Waals surface area (Å²) in [5, 5.41) is 0. The average molecular weight is 402 g/mol. The van der Waals surface area contributed by atoms with Gasteiger partial charge >= 0.3 is 0 Å². The van der Waals surface area contributed by atoms with E-state index in [1.54, 1.807) is 0 Å². The van der Waals surface area contributed by atoms with E-state index in [-0.39, 0.29) is 0 Å². The molecular formula is C30H27N. The second kappa shape index (κ2) is 10.3. The van der Waals surface area contributed by atoms with Crippen molar-refractivity contribution in [2.45, 2.75) is 12.8 Å². The maximum Gasteiger partial charge on any atom is 0.0462 e. The van der Waals surface area contributed by atoms with Gasteiger partial charge < -0.3 is 4.90 Å². The Morgan fingerprint density at radius 1 is 0.548 bits per heavy atom. The fourth-order valence-electron chi connectivity index (χ4n) is 3.63. The van der Waals surface area contributed by atoms with Crippen LogP contribution < -0.4 is 4.90 Å². The minimum atomic E-state index is 1.01. The Balaban J connectivity index is 1.64. The first-order valence-electron chi connectivity index (χ1n) is 10.7. The van der Waals surface area contributed by atoms with Crippen LogP contribution in [0.25, 0.3) is 17.2 Å². The summed E-state index contributed by atoms with van der Waals surface area (Å²) in [6, 6.07) is 38.5. The van der Waals surface area contributed by atoms with Gasteiger partial charge in [0.1, 0.15) is 0 Å². The Morgan fingerprint density at radius 3 is 1.68 bits per heavy atom. The van der Waals surface area contributed by atoms with Crippen molar-refractivity contribution in [1.82, 2.24) is 0 Å². The Hall–Kier alpha value is -3.84. The van der Waals surface area contributed by atoms with Gasteiger partial charge in [0.15, 0.2) is 0 Å². The van der Waals surface area contributed by atoms with Crippen LogP contribution >= 0.6 is 0 Å². The molecule has 0 unspecified atom stereocenters. The lowest BCUT2D eigenvalue weighted by Crippen LogP contribution is -2.09. The van der Waals surface area contributed by atoms with Crippen molar-refractivity contribution in [3.63, 3.8) is 0 Å². The van der Waals surface area contributed by atoms with E-state index in [1.165, 1.54) is 16.7 Å². The van der Waals surface area contributed by atoms with E-state index in [0.717, 1.165) is 29.9 Å². The number of nitrogens with zero attached hydrogens (tertiary/aromatic N) is 1. The normalized spacial score (nSPS) is 10.8. The molecule has 152 valence electrons. The van der Waals surface area contributed by atoms with Gasteiger partial charge in [-0.3, -0.25) is 0 Å². The molecule has 4 aromatic carbocycles. The maximum atomic E-state index is 3.78. The number of rotatable bonds is 8. The third-order valence-electron chi connectivity index (χ3n) is 5.25. The van der Waals surface area contributed by atoms with Gasteiger partial charge in [0.05, 0.1) is 0 Å². The fourth-order valence-corrected chi connectivity index (χ4v) is 3.63. The standard InChI is InChI=1S/C30H27N/c1-2-3-4-7-12-25-17-21-29(22-18-25)31(28-15-10-6-11-16-28)30-23-19-27(20-24-30)26-13-8-5-9-14-26/h2,5-24H,1,3-4H2/b12-7+. The largest absolute Gasteiger partial charge is 0.311 e. The molecule has 1 heteroatoms. The maximum absolute atomic E-state index is 3.78. The highest BCUT2D eigenvalue weighted by molar-refractivity contribution is 5.78. The second-order valence-corrected chi connectivity index (χ2v) is 7.44. The number of anilines is 3. The van der Waals surface area contributed by atoms with Gasteiger partial charge in [-0.05, 0) is 65.9 Å². The second-order valence-electron chi connectivity index (χ2n) is 7.44. The lowest BCUT2D eigenvalue weighted by atomic mass is 10.0. The first kappa shape index (κ1) is 20.4. The topological polar surface area (TPSA) is 3.24 Å². The zero-order valence-electron chi connectivity index (χ0n) is 17.7. The SMILES string of the molecule is C=CCC/C=C/c1ccc(N(c2ccccc2)c2ccc(-c3ccccc3)cc2)cc1. The van der Waals surface area contributed by atoms with Crippen molar-refractivity contribution in [2.24, 2.45) is 0 Å². The molecule has 0 spiro atoms. The predicted octanol–water partition coefficient (Wildman–Crippen LogP) is 8.80. The fraction of sp³-hybridized carbons (Fsp3) is 0.0667. The smallest absolute Gasteiger partial charge is 0.0462 e. The summed E-state index contributed by atoms with van der Waals surface area (Å²) in [5.41, 5.74) is 7.08. The Kier molecular flexibility index (Phi) is 6.77. The molecule has 0 saturated heterocycles. The number of benzene rings is 4. The van der Waals surface area contributed by atoms with Gasteiger partial charge in [-0.2, -0.15) is 0 Å². The molecule has 0 aliphatic heterocycles. The third kappa shape index (κ3) is 5.21. The number of unbranched alkanes of at least 4 members (excludes halogenated alkanes) is 1. The molecule has 4 rings (SSSR count). The van der Waals surface area contributed by atoms with Crippen LogP contribution in [0.2, 0.25) is 0 Å². The van der Waals surface area contributed by atoms with Crippen molar-refractivity contribution >= 4 is 23.1 Å². The predicted molar refractivity (Wildman–Crippen MR) is 135 cm³/mol. The van der Waals surface area contributed by atoms with Crippen LogP contribution in [0.15, 0.2) is 128 Å². The number of allylic oxidation sites excluding steroid dienone is 2. The van der Waals surface area contributed by atoms with E-state index in [0.29, 0.717) is 0 Å². The molecule has 0 amide bonds. The summed E-state index contributed by atoms with van der Waals surface area (Å²) in [4.78, 5) is 2.29. The first-order valence-corrected chi connectivity index (χ1v) is 10.7. The molecule has 0 atom stereocenters. The summed E-state index contributed by atoms with van der Waals surface area (Å²) in [6.45, 7) is 3.78. The van der Waals surface area contributed by atoms with Gasteiger partial charge in [0.25, 0.3) is 0 Å². The molecule has 0 fully saturated rings. The first-order chi connectivity index (χ1) is 15.3. The van der Waals surface area contributed by atoms with Gasteiger partial charge in [-0.1, -0.05) is 91.0 Å². The highest BCUT2D eigenvalue weighted by atomic mass is 15.1. The average Bonchev–Trinajstić information content (AvgIpc) is 2.85. The molecule has 0 bridgehead atoms. The highest BCUT2D eigenvalue weighted by Crippen LogP contribution is 2.35. The molecule has 4 aromatic rings. The quantitative estimate of drug-likeness (QED) is 0.211. The molecule has 0 radical (unpaired) electrons. The molecule has 1 nitrogen and oxygen atoms in total. The number of hydrogen-bond acceptors (Lipinski definition) is 1. The number of hydrogen-bond donors (Lipinski definition) is 0. The summed E-state index contributed by atoms with van der Waals surface area (Å²) in [7, 11) is 0. The summed E-state index contributed by atoms with van der Waals surface area (Å²) < 4.78 is 0. The zero-order chi connectivity index (χ0) is 21.3. The van der Waals surface area contributed by atoms with Crippen LogP contribution in [0.3, 0.4) is 0 Å². The van der Waals surface area contributed by atoms with E-state index in [2.05, 4.69) is 127 Å². The van der Waals surface area contributed by atoms with Crippen LogP contribution in [-0.2, 0) is 0 Å². The van der Waals surface area contributed by atoms with E-state index in [4.69, 9.17) is 0 Å². The van der Waals surface area contributed by atoms with Crippen molar-refractivity contribution < 1.29 is 0 Å². The molecule has 31 heavy (non-hydrogen) atoms. The van der Waals surface area contributed by atoms with Crippen LogP contribution in [-0.4, -0.2) is 0 Å². The van der Waals surface area contributed by atoms with E-state index < -0.39 is 0 Å². The van der Waals surface area contributed by atoms with Crippen molar-refractivity contribution in [3.05, 3.63) is 133 Å². The van der Waals surface area contributed by atoms with E-state index in [1.807, 2.05) is 12.1 Å². The van der Waals surface area contributed by atoms with Gasteiger partial charge in [0.2, 0.25) is 0 Å². The van der Waals surface area contributed by atoms with Gasteiger partial charge in [-0.25, -0.2) is 0 Å². The Morgan fingerprint density at radius 2 is 1.06 bits per heavy atom.